The molecule has 0 unspecified atom stereocenters. The van der Waals surface area contributed by atoms with Crippen molar-refractivity contribution in [1.82, 2.24) is 10.3 Å². The first-order valence-corrected chi connectivity index (χ1v) is 5.11. The van der Waals surface area contributed by atoms with E-state index < -0.39 is 0 Å². The number of carbonyl (C=O) groups excluding carboxylic acids is 1. The SMILES string of the molecule is C[C@H](CN)NC(=O)CCc1ccccn1.Cl.Cl. The van der Waals surface area contributed by atoms with E-state index >= 15 is 0 Å². The van der Waals surface area contributed by atoms with Crippen molar-refractivity contribution in [1.29, 1.82) is 0 Å². The normalized spacial score (nSPS) is 10.7. The summed E-state index contributed by atoms with van der Waals surface area (Å²) in [7, 11) is 0. The highest BCUT2D eigenvalue weighted by molar-refractivity contribution is 5.85. The fourth-order valence-corrected chi connectivity index (χ4v) is 1.19. The maximum atomic E-state index is 11.4. The summed E-state index contributed by atoms with van der Waals surface area (Å²) in [5.74, 6) is 0.0265. The average Bonchev–Trinajstić information content (AvgIpc) is 2.27. The molecule has 0 aliphatic carbocycles. The number of halogens is 2. The van der Waals surface area contributed by atoms with Crippen LogP contribution in [0.15, 0.2) is 24.4 Å². The minimum Gasteiger partial charge on any atom is -0.352 e. The van der Waals surface area contributed by atoms with Crippen LogP contribution in [-0.4, -0.2) is 23.5 Å². The van der Waals surface area contributed by atoms with Crippen molar-refractivity contribution in [2.45, 2.75) is 25.8 Å². The van der Waals surface area contributed by atoms with E-state index in [1.807, 2.05) is 25.1 Å². The number of pyridine rings is 1. The summed E-state index contributed by atoms with van der Waals surface area (Å²) in [6.45, 7) is 2.36. The molecule has 98 valence electrons. The van der Waals surface area contributed by atoms with Crippen molar-refractivity contribution < 1.29 is 4.79 Å². The summed E-state index contributed by atoms with van der Waals surface area (Å²) in [4.78, 5) is 15.5. The fourth-order valence-electron chi connectivity index (χ4n) is 1.19. The number of aromatic nitrogens is 1. The summed E-state index contributed by atoms with van der Waals surface area (Å²) < 4.78 is 0. The number of hydrogen-bond acceptors (Lipinski definition) is 3. The molecule has 0 radical (unpaired) electrons. The Labute approximate surface area is 114 Å². The second kappa shape index (κ2) is 10.3. The highest BCUT2D eigenvalue weighted by Crippen LogP contribution is 1.98. The molecule has 1 atom stereocenters. The Morgan fingerprint density at radius 2 is 2.18 bits per heavy atom. The van der Waals surface area contributed by atoms with Gasteiger partial charge >= 0.3 is 0 Å². The number of amides is 1. The molecule has 0 saturated heterocycles. The first-order chi connectivity index (χ1) is 7.22. The van der Waals surface area contributed by atoms with Gasteiger partial charge in [0.1, 0.15) is 0 Å². The minimum atomic E-state index is 0. The van der Waals surface area contributed by atoms with Crippen LogP contribution in [0, 0.1) is 0 Å². The van der Waals surface area contributed by atoms with E-state index in [0.29, 0.717) is 19.4 Å². The molecule has 1 aromatic heterocycles. The Bertz CT molecular complexity index is 309. The zero-order valence-corrected chi connectivity index (χ0v) is 11.4. The summed E-state index contributed by atoms with van der Waals surface area (Å²) >= 11 is 0. The number of rotatable bonds is 5. The molecule has 6 heteroatoms. The maximum absolute atomic E-state index is 11.4. The van der Waals surface area contributed by atoms with E-state index in [1.54, 1.807) is 6.20 Å². The molecule has 3 N–H and O–H groups in total. The summed E-state index contributed by atoms with van der Waals surface area (Å²) in [5, 5.41) is 2.81. The van der Waals surface area contributed by atoms with Crippen LogP contribution in [0.4, 0.5) is 0 Å². The zero-order valence-electron chi connectivity index (χ0n) is 9.76. The van der Waals surface area contributed by atoms with Crippen LogP contribution >= 0.6 is 24.8 Å². The van der Waals surface area contributed by atoms with Crippen LogP contribution in [0.3, 0.4) is 0 Å². The molecule has 1 rings (SSSR count). The van der Waals surface area contributed by atoms with Crippen LogP contribution in [0.5, 0.6) is 0 Å². The van der Waals surface area contributed by atoms with Gasteiger partial charge in [0.2, 0.25) is 5.91 Å². The number of hydrogen-bond donors (Lipinski definition) is 2. The van der Waals surface area contributed by atoms with E-state index in [0.717, 1.165) is 5.69 Å². The Morgan fingerprint density at radius 3 is 2.71 bits per heavy atom. The molecule has 0 aliphatic rings. The first kappa shape index (κ1) is 18.5. The zero-order chi connectivity index (χ0) is 11.1. The average molecular weight is 280 g/mol. The van der Waals surface area contributed by atoms with Crippen LogP contribution in [0.2, 0.25) is 0 Å². The third-order valence-corrected chi connectivity index (χ3v) is 2.10. The van der Waals surface area contributed by atoms with Gasteiger partial charge in [-0.25, -0.2) is 0 Å². The molecule has 0 spiro atoms. The third kappa shape index (κ3) is 7.96. The second-order valence-electron chi connectivity index (χ2n) is 3.53. The molecule has 1 amide bonds. The van der Waals surface area contributed by atoms with Crippen LogP contribution < -0.4 is 11.1 Å². The van der Waals surface area contributed by atoms with Crippen molar-refractivity contribution in [3.8, 4) is 0 Å². The van der Waals surface area contributed by atoms with Gasteiger partial charge < -0.3 is 11.1 Å². The van der Waals surface area contributed by atoms with E-state index in [-0.39, 0.29) is 36.8 Å². The molecule has 1 heterocycles. The first-order valence-electron chi connectivity index (χ1n) is 5.11. The summed E-state index contributed by atoms with van der Waals surface area (Å²) in [6, 6.07) is 5.74. The van der Waals surface area contributed by atoms with Crippen molar-refractivity contribution in [3.05, 3.63) is 30.1 Å². The lowest BCUT2D eigenvalue weighted by atomic mass is 10.2. The molecular weight excluding hydrogens is 261 g/mol. The molecule has 0 fully saturated rings. The number of nitrogens with two attached hydrogens (primary N) is 1. The molecule has 0 saturated carbocycles. The van der Waals surface area contributed by atoms with Gasteiger partial charge in [0, 0.05) is 30.9 Å². The number of aryl methyl sites for hydroxylation is 1. The van der Waals surface area contributed by atoms with Gasteiger partial charge in [0.15, 0.2) is 0 Å². The molecule has 0 aromatic carbocycles. The van der Waals surface area contributed by atoms with Crippen molar-refractivity contribution in [2.75, 3.05) is 6.54 Å². The van der Waals surface area contributed by atoms with Crippen molar-refractivity contribution in [3.63, 3.8) is 0 Å². The molecule has 4 nitrogen and oxygen atoms in total. The predicted molar refractivity (Wildman–Crippen MR) is 73.7 cm³/mol. The van der Waals surface area contributed by atoms with E-state index in [4.69, 9.17) is 5.73 Å². The quantitative estimate of drug-likeness (QED) is 0.854. The largest absolute Gasteiger partial charge is 0.352 e. The number of nitrogens with zero attached hydrogens (tertiary/aromatic N) is 1. The maximum Gasteiger partial charge on any atom is 0.220 e. The van der Waals surface area contributed by atoms with Gasteiger partial charge in [-0.15, -0.1) is 24.8 Å². The topological polar surface area (TPSA) is 68.0 Å². The van der Waals surface area contributed by atoms with Crippen LogP contribution in [0.1, 0.15) is 19.0 Å². The molecule has 0 bridgehead atoms. The van der Waals surface area contributed by atoms with E-state index in [1.165, 1.54) is 0 Å². The van der Waals surface area contributed by atoms with Crippen LogP contribution in [0.25, 0.3) is 0 Å². The monoisotopic (exact) mass is 279 g/mol. The lowest BCUT2D eigenvalue weighted by Crippen LogP contribution is -2.37. The van der Waals surface area contributed by atoms with E-state index in [9.17, 15) is 4.79 Å². The standard InChI is InChI=1S/C11H17N3O.2ClH/c1-9(8-12)14-11(15)6-5-10-4-2-3-7-13-10;;/h2-4,7,9H,5-6,8,12H2,1H3,(H,14,15);2*1H/t9-;;/m1../s1. The Kier molecular flexibility index (Phi) is 11.2. The molecule has 0 aliphatic heterocycles. The summed E-state index contributed by atoms with van der Waals surface area (Å²) in [5.41, 5.74) is 6.34. The van der Waals surface area contributed by atoms with E-state index in [2.05, 4.69) is 10.3 Å². The van der Waals surface area contributed by atoms with Crippen LogP contribution in [-0.2, 0) is 11.2 Å². The highest BCUT2D eigenvalue weighted by Gasteiger charge is 2.05. The van der Waals surface area contributed by atoms with Gasteiger partial charge in [-0.3, -0.25) is 9.78 Å². The molecule has 1 aromatic rings. The smallest absolute Gasteiger partial charge is 0.220 e. The van der Waals surface area contributed by atoms with Gasteiger partial charge in [0.05, 0.1) is 0 Å². The lowest BCUT2D eigenvalue weighted by molar-refractivity contribution is -0.121. The predicted octanol–water partition coefficient (Wildman–Crippen LogP) is 1.32. The fraction of sp³-hybridized carbons (Fsp3) is 0.455. The minimum absolute atomic E-state index is 0. The van der Waals surface area contributed by atoms with Crippen molar-refractivity contribution >= 4 is 30.7 Å². The Hall–Kier alpha value is -0.840. The Morgan fingerprint density at radius 1 is 1.47 bits per heavy atom. The number of carbonyl (C=O) groups is 1. The third-order valence-electron chi connectivity index (χ3n) is 2.10. The van der Waals surface area contributed by atoms with Gasteiger partial charge in [-0.2, -0.15) is 0 Å². The lowest BCUT2D eigenvalue weighted by Gasteiger charge is -2.10. The number of nitrogens with one attached hydrogen (secondary N) is 1. The molecule has 17 heavy (non-hydrogen) atoms. The summed E-state index contributed by atoms with van der Waals surface area (Å²) in [6.07, 6.45) is 2.86. The van der Waals surface area contributed by atoms with Crippen molar-refractivity contribution in [2.24, 2.45) is 5.73 Å². The Balaban J connectivity index is 0. The van der Waals surface area contributed by atoms with Gasteiger partial charge in [-0.1, -0.05) is 6.07 Å². The van der Waals surface area contributed by atoms with Gasteiger partial charge in [0.25, 0.3) is 0 Å². The second-order valence-corrected chi connectivity index (χ2v) is 3.53. The highest BCUT2D eigenvalue weighted by atomic mass is 35.5. The molecular formula is C11H19Cl2N3O. The van der Waals surface area contributed by atoms with Gasteiger partial charge in [-0.05, 0) is 25.5 Å².